The van der Waals surface area contributed by atoms with Gasteiger partial charge in [-0.2, -0.15) is 0 Å². The van der Waals surface area contributed by atoms with E-state index in [1.807, 2.05) is 43.3 Å². The third-order valence-corrected chi connectivity index (χ3v) is 7.48. The van der Waals surface area contributed by atoms with Crippen molar-refractivity contribution in [3.05, 3.63) is 118 Å². The van der Waals surface area contributed by atoms with E-state index in [1.54, 1.807) is 18.2 Å². The Morgan fingerprint density at radius 2 is 1.40 bits per heavy atom. The van der Waals surface area contributed by atoms with Crippen molar-refractivity contribution >= 4 is 34.9 Å². The summed E-state index contributed by atoms with van der Waals surface area (Å²) in [7, 11) is 4.00. The number of anilines is 2. The molecule has 0 heterocycles. The Balaban J connectivity index is 1.44. The van der Waals surface area contributed by atoms with Crippen LogP contribution in [0.3, 0.4) is 0 Å². The molecule has 0 aromatic heterocycles. The molecular formula is C35H38ClN3O3. The SMILES string of the molecule is CN(C)c1ccc(-c2ccc(C[C@H](NC(=O)c3cc(Cl)ccc3NCc3ccc(C(C)(C)C)cc3)C(=O)O)cc2)cc1. The van der Waals surface area contributed by atoms with Crippen molar-refractivity contribution in [3.63, 3.8) is 0 Å². The molecule has 1 amide bonds. The average Bonchev–Trinajstić information content (AvgIpc) is 2.96. The van der Waals surface area contributed by atoms with Crippen molar-refractivity contribution in [1.29, 1.82) is 0 Å². The van der Waals surface area contributed by atoms with Gasteiger partial charge in [-0.1, -0.05) is 93.0 Å². The van der Waals surface area contributed by atoms with Gasteiger partial charge in [-0.05, 0) is 63.6 Å². The second-order valence-corrected chi connectivity index (χ2v) is 12.1. The van der Waals surface area contributed by atoms with E-state index < -0.39 is 17.9 Å². The Morgan fingerprint density at radius 1 is 0.833 bits per heavy atom. The highest BCUT2D eigenvalue weighted by Gasteiger charge is 2.23. The molecule has 0 aliphatic carbocycles. The Bertz CT molecular complexity index is 1520. The highest BCUT2D eigenvalue weighted by atomic mass is 35.5. The second kappa shape index (κ2) is 13.1. The molecule has 0 spiro atoms. The lowest BCUT2D eigenvalue weighted by atomic mass is 9.87. The average molecular weight is 584 g/mol. The van der Waals surface area contributed by atoms with E-state index in [4.69, 9.17) is 11.6 Å². The third-order valence-electron chi connectivity index (χ3n) is 7.24. The van der Waals surface area contributed by atoms with E-state index in [2.05, 4.69) is 79.9 Å². The first kappa shape index (κ1) is 30.7. The minimum Gasteiger partial charge on any atom is -0.480 e. The molecule has 4 aromatic carbocycles. The molecule has 218 valence electrons. The van der Waals surface area contributed by atoms with Crippen LogP contribution in [0, 0.1) is 0 Å². The zero-order valence-electron chi connectivity index (χ0n) is 24.7. The summed E-state index contributed by atoms with van der Waals surface area (Å²) < 4.78 is 0. The molecule has 0 unspecified atom stereocenters. The Morgan fingerprint density at radius 3 is 1.95 bits per heavy atom. The maximum Gasteiger partial charge on any atom is 0.326 e. The normalized spacial score (nSPS) is 12.0. The summed E-state index contributed by atoms with van der Waals surface area (Å²) in [6.45, 7) is 7.01. The van der Waals surface area contributed by atoms with Crippen LogP contribution in [0.15, 0.2) is 91.0 Å². The van der Waals surface area contributed by atoms with Crippen LogP contribution in [0.1, 0.15) is 47.8 Å². The van der Waals surface area contributed by atoms with Gasteiger partial charge in [0.15, 0.2) is 0 Å². The molecule has 7 heteroatoms. The number of carbonyl (C=O) groups is 2. The number of carboxylic acids is 1. The zero-order chi connectivity index (χ0) is 30.4. The summed E-state index contributed by atoms with van der Waals surface area (Å²) in [6.07, 6.45) is 0.143. The van der Waals surface area contributed by atoms with Crippen LogP contribution in [-0.4, -0.2) is 37.1 Å². The van der Waals surface area contributed by atoms with Gasteiger partial charge in [-0.15, -0.1) is 0 Å². The van der Waals surface area contributed by atoms with Gasteiger partial charge in [-0.3, -0.25) is 4.79 Å². The summed E-state index contributed by atoms with van der Waals surface area (Å²) in [5, 5.41) is 16.3. The van der Waals surface area contributed by atoms with Crippen molar-refractivity contribution in [2.45, 2.75) is 45.2 Å². The summed E-state index contributed by atoms with van der Waals surface area (Å²) in [5.41, 5.74) is 7.25. The largest absolute Gasteiger partial charge is 0.480 e. The standard InChI is InChI=1S/C35H38ClN3O3/c1-35(2,3)27-14-8-24(9-15-27)22-37-31-19-16-28(36)21-30(31)33(40)38-32(34(41)42)20-23-6-10-25(11-7-23)26-12-17-29(18-13-26)39(4)5/h6-19,21,32,37H,20,22H2,1-5H3,(H,38,40)(H,41,42)/t32-/m0/s1. The maximum absolute atomic E-state index is 13.3. The predicted octanol–water partition coefficient (Wildman–Crippen LogP) is 7.41. The minimum absolute atomic E-state index is 0.0638. The Kier molecular flexibility index (Phi) is 9.59. The number of nitrogens with one attached hydrogen (secondary N) is 2. The fourth-order valence-corrected chi connectivity index (χ4v) is 4.81. The molecule has 0 radical (unpaired) electrons. The summed E-state index contributed by atoms with van der Waals surface area (Å²) in [6, 6.07) is 28.2. The minimum atomic E-state index is -1.11. The van der Waals surface area contributed by atoms with Crippen molar-refractivity contribution in [2.24, 2.45) is 0 Å². The lowest BCUT2D eigenvalue weighted by molar-refractivity contribution is -0.139. The summed E-state index contributed by atoms with van der Waals surface area (Å²) >= 11 is 6.23. The number of hydrogen-bond acceptors (Lipinski definition) is 4. The topological polar surface area (TPSA) is 81.7 Å². The second-order valence-electron chi connectivity index (χ2n) is 11.7. The van der Waals surface area contributed by atoms with Crippen LogP contribution < -0.4 is 15.5 Å². The molecule has 0 aliphatic heterocycles. The summed E-state index contributed by atoms with van der Waals surface area (Å²) in [5.74, 6) is -1.62. The fraction of sp³-hybridized carbons (Fsp3) is 0.257. The third kappa shape index (κ3) is 7.92. The van der Waals surface area contributed by atoms with E-state index >= 15 is 0 Å². The van der Waals surface area contributed by atoms with Crippen molar-refractivity contribution in [3.8, 4) is 11.1 Å². The van der Waals surface area contributed by atoms with Gasteiger partial charge < -0.3 is 20.6 Å². The van der Waals surface area contributed by atoms with Crippen LogP contribution >= 0.6 is 11.6 Å². The van der Waals surface area contributed by atoms with Gasteiger partial charge in [-0.25, -0.2) is 4.79 Å². The van der Waals surface area contributed by atoms with Crippen molar-refractivity contribution in [1.82, 2.24) is 5.32 Å². The smallest absolute Gasteiger partial charge is 0.326 e. The van der Waals surface area contributed by atoms with Gasteiger partial charge in [0, 0.05) is 43.5 Å². The lowest BCUT2D eigenvalue weighted by Crippen LogP contribution is -2.42. The Hall–Kier alpha value is -4.29. The van der Waals surface area contributed by atoms with Gasteiger partial charge >= 0.3 is 5.97 Å². The number of hydrogen-bond donors (Lipinski definition) is 3. The number of carbonyl (C=O) groups excluding carboxylic acids is 1. The first-order valence-corrected chi connectivity index (χ1v) is 14.3. The Labute approximate surface area is 253 Å². The van der Waals surface area contributed by atoms with E-state index in [1.165, 1.54) is 5.56 Å². The number of halogens is 1. The fourth-order valence-electron chi connectivity index (χ4n) is 4.64. The molecule has 0 saturated carbocycles. The van der Waals surface area contributed by atoms with Crippen molar-refractivity contribution < 1.29 is 14.7 Å². The molecule has 0 fully saturated rings. The quantitative estimate of drug-likeness (QED) is 0.181. The molecule has 0 saturated heterocycles. The van der Waals surface area contributed by atoms with Crippen LogP contribution in [-0.2, 0) is 23.2 Å². The first-order chi connectivity index (χ1) is 19.9. The van der Waals surface area contributed by atoms with Crippen molar-refractivity contribution in [2.75, 3.05) is 24.3 Å². The number of rotatable bonds is 10. The molecule has 42 heavy (non-hydrogen) atoms. The first-order valence-electron chi connectivity index (χ1n) is 13.9. The number of carboxylic acid groups (broad SMARTS) is 1. The number of benzene rings is 4. The van der Waals surface area contributed by atoms with Crippen LogP contribution in [0.5, 0.6) is 0 Å². The van der Waals surface area contributed by atoms with E-state index in [0.29, 0.717) is 17.3 Å². The van der Waals surface area contributed by atoms with E-state index in [9.17, 15) is 14.7 Å². The molecule has 0 bridgehead atoms. The molecule has 4 rings (SSSR count). The van der Waals surface area contributed by atoms with Gasteiger partial charge in [0.1, 0.15) is 6.04 Å². The molecule has 4 aromatic rings. The molecule has 3 N–H and O–H groups in total. The number of nitrogens with zero attached hydrogens (tertiary/aromatic N) is 1. The van der Waals surface area contributed by atoms with Crippen LogP contribution in [0.4, 0.5) is 11.4 Å². The lowest BCUT2D eigenvalue weighted by Gasteiger charge is -2.19. The summed E-state index contributed by atoms with van der Waals surface area (Å²) in [4.78, 5) is 27.5. The number of amides is 1. The molecule has 1 atom stereocenters. The monoisotopic (exact) mass is 583 g/mol. The van der Waals surface area contributed by atoms with Gasteiger partial charge in [0.25, 0.3) is 5.91 Å². The zero-order valence-corrected chi connectivity index (χ0v) is 25.5. The van der Waals surface area contributed by atoms with Crippen LogP contribution in [0.25, 0.3) is 11.1 Å². The highest BCUT2D eigenvalue weighted by Crippen LogP contribution is 2.26. The van der Waals surface area contributed by atoms with E-state index in [0.717, 1.165) is 27.9 Å². The van der Waals surface area contributed by atoms with Gasteiger partial charge in [0.2, 0.25) is 0 Å². The highest BCUT2D eigenvalue weighted by molar-refractivity contribution is 6.31. The molecule has 6 nitrogen and oxygen atoms in total. The predicted molar refractivity (Wildman–Crippen MR) is 173 cm³/mol. The molecular weight excluding hydrogens is 546 g/mol. The molecule has 0 aliphatic rings. The van der Waals surface area contributed by atoms with Gasteiger partial charge in [0.05, 0.1) is 5.56 Å². The maximum atomic E-state index is 13.3. The van der Waals surface area contributed by atoms with E-state index in [-0.39, 0.29) is 17.4 Å². The number of aliphatic carboxylic acids is 1. The van der Waals surface area contributed by atoms with Crippen LogP contribution in [0.2, 0.25) is 5.02 Å².